The Morgan fingerprint density at radius 1 is 1.06 bits per heavy atom. The molecular weight excluding hydrogens is 464 g/mol. The van der Waals surface area contributed by atoms with E-state index in [-0.39, 0.29) is 17.1 Å². The molecule has 2 aromatic rings. The lowest BCUT2D eigenvalue weighted by molar-refractivity contribution is -0.113. The van der Waals surface area contributed by atoms with E-state index in [4.69, 9.17) is 21.6 Å². The molecular formula is C27H33ClN4OS. The molecule has 180 valence electrons. The van der Waals surface area contributed by atoms with E-state index in [1.54, 1.807) is 24.3 Å². The fourth-order valence-corrected chi connectivity index (χ4v) is 5.26. The standard InChI is InChI=1S/C27H33ClN4OS/c1-5-32-16-14-27(15-17-32)30-24(19-6-8-20(9-7-19)26(2,3)4)25(31-27)34-18-23(33)29-22-12-10-21(28)11-13-22/h6-13H,5,14-18H2,1-4H3,(H,29,33). The summed E-state index contributed by atoms with van der Waals surface area (Å²) in [6.45, 7) is 11.9. The van der Waals surface area contributed by atoms with Gasteiger partial charge in [0.05, 0.1) is 11.5 Å². The molecule has 1 spiro atoms. The van der Waals surface area contributed by atoms with Crippen LogP contribution in [0.25, 0.3) is 0 Å². The lowest BCUT2D eigenvalue weighted by Crippen LogP contribution is -2.41. The number of anilines is 1. The number of halogens is 1. The monoisotopic (exact) mass is 496 g/mol. The highest BCUT2D eigenvalue weighted by molar-refractivity contribution is 8.16. The number of nitrogens with zero attached hydrogens (tertiary/aromatic N) is 3. The van der Waals surface area contributed by atoms with Gasteiger partial charge in [0.15, 0.2) is 5.66 Å². The number of rotatable bonds is 5. The van der Waals surface area contributed by atoms with Crippen molar-refractivity contribution in [1.82, 2.24) is 4.90 Å². The number of benzene rings is 2. The van der Waals surface area contributed by atoms with Crippen LogP contribution in [0.2, 0.25) is 5.02 Å². The molecule has 7 heteroatoms. The summed E-state index contributed by atoms with van der Waals surface area (Å²) >= 11 is 7.41. The Hall–Kier alpha value is -2.15. The summed E-state index contributed by atoms with van der Waals surface area (Å²) in [6.07, 6.45) is 1.82. The van der Waals surface area contributed by atoms with Crippen molar-refractivity contribution in [3.05, 3.63) is 64.7 Å². The number of thioether (sulfide) groups is 1. The predicted octanol–water partition coefficient (Wildman–Crippen LogP) is 6.02. The second-order valence-corrected chi connectivity index (χ2v) is 11.4. The number of hydrogen-bond donors (Lipinski definition) is 1. The highest BCUT2D eigenvalue weighted by Gasteiger charge is 2.39. The topological polar surface area (TPSA) is 57.1 Å². The van der Waals surface area contributed by atoms with Gasteiger partial charge in [0.2, 0.25) is 5.91 Å². The first-order chi connectivity index (χ1) is 16.2. The molecule has 0 saturated carbocycles. The van der Waals surface area contributed by atoms with Crippen LogP contribution < -0.4 is 5.32 Å². The second kappa shape index (κ2) is 10.2. The van der Waals surface area contributed by atoms with Gasteiger partial charge in [-0.1, -0.05) is 75.3 Å². The molecule has 2 heterocycles. The van der Waals surface area contributed by atoms with Gasteiger partial charge in [0, 0.05) is 42.2 Å². The minimum absolute atomic E-state index is 0.0702. The molecule has 4 rings (SSSR count). The van der Waals surface area contributed by atoms with E-state index in [2.05, 4.69) is 62.2 Å². The SMILES string of the molecule is CCN1CCC2(CC1)N=C(SCC(=O)Nc1ccc(Cl)cc1)C(c1ccc(C(C)(C)C)cc1)=N2. The van der Waals surface area contributed by atoms with E-state index in [9.17, 15) is 4.79 Å². The number of amides is 1. The Kier molecular flexibility index (Phi) is 7.51. The van der Waals surface area contributed by atoms with E-state index in [0.717, 1.165) is 54.5 Å². The van der Waals surface area contributed by atoms with Crippen molar-refractivity contribution >= 4 is 45.7 Å². The zero-order valence-electron chi connectivity index (χ0n) is 20.4. The Labute approximate surface area is 212 Å². The third kappa shape index (κ3) is 5.91. The first-order valence-corrected chi connectivity index (χ1v) is 13.3. The van der Waals surface area contributed by atoms with Crippen molar-refractivity contribution in [1.29, 1.82) is 0 Å². The van der Waals surface area contributed by atoms with Crippen LogP contribution in [0.4, 0.5) is 5.69 Å². The zero-order chi connectivity index (χ0) is 24.3. The number of hydrogen-bond acceptors (Lipinski definition) is 5. The number of likely N-dealkylation sites (tertiary alicyclic amines) is 1. The maximum absolute atomic E-state index is 12.6. The lowest BCUT2D eigenvalue weighted by atomic mass is 9.86. The molecule has 34 heavy (non-hydrogen) atoms. The molecule has 2 aliphatic heterocycles. The lowest BCUT2D eigenvalue weighted by Gasteiger charge is -2.34. The largest absolute Gasteiger partial charge is 0.325 e. The van der Waals surface area contributed by atoms with Crippen LogP contribution in [-0.4, -0.2) is 52.6 Å². The number of piperidine rings is 1. The van der Waals surface area contributed by atoms with E-state index in [1.165, 1.54) is 17.3 Å². The minimum Gasteiger partial charge on any atom is -0.325 e. The van der Waals surface area contributed by atoms with Crippen LogP contribution >= 0.6 is 23.4 Å². The van der Waals surface area contributed by atoms with Crippen LogP contribution in [0.15, 0.2) is 58.5 Å². The molecule has 1 N–H and O–H groups in total. The Bertz CT molecular complexity index is 1080. The second-order valence-electron chi connectivity index (χ2n) is 9.97. The van der Waals surface area contributed by atoms with Crippen molar-refractivity contribution in [3.63, 3.8) is 0 Å². The first-order valence-electron chi connectivity index (χ1n) is 11.9. The van der Waals surface area contributed by atoms with Gasteiger partial charge in [-0.2, -0.15) is 0 Å². The summed E-state index contributed by atoms with van der Waals surface area (Å²) in [5.41, 5.74) is 3.68. The quantitative estimate of drug-likeness (QED) is 0.550. The predicted molar refractivity (Wildman–Crippen MR) is 146 cm³/mol. The number of carbonyl (C=O) groups excluding carboxylic acids is 1. The van der Waals surface area contributed by atoms with Crippen LogP contribution in [0.1, 0.15) is 51.7 Å². The van der Waals surface area contributed by atoms with E-state index in [0.29, 0.717) is 5.02 Å². The Morgan fingerprint density at radius 3 is 2.29 bits per heavy atom. The highest BCUT2D eigenvalue weighted by atomic mass is 35.5. The van der Waals surface area contributed by atoms with Gasteiger partial charge in [-0.25, -0.2) is 4.99 Å². The summed E-state index contributed by atoms with van der Waals surface area (Å²) in [5, 5.41) is 4.44. The van der Waals surface area contributed by atoms with Gasteiger partial charge in [0.1, 0.15) is 5.04 Å². The average Bonchev–Trinajstić information content (AvgIpc) is 3.17. The summed E-state index contributed by atoms with van der Waals surface area (Å²) in [7, 11) is 0. The summed E-state index contributed by atoms with van der Waals surface area (Å²) in [4.78, 5) is 25.4. The molecule has 0 bridgehead atoms. The first kappa shape index (κ1) is 25.0. The van der Waals surface area contributed by atoms with E-state index >= 15 is 0 Å². The Morgan fingerprint density at radius 2 is 1.71 bits per heavy atom. The summed E-state index contributed by atoms with van der Waals surface area (Å²) in [5.74, 6) is 0.205. The maximum atomic E-state index is 12.6. The van der Waals surface area contributed by atoms with Crippen molar-refractivity contribution in [3.8, 4) is 0 Å². The molecule has 1 amide bonds. The van der Waals surface area contributed by atoms with Gasteiger partial charge in [-0.3, -0.25) is 9.79 Å². The van der Waals surface area contributed by atoms with E-state index in [1.807, 2.05) is 0 Å². The minimum atomic E-state index is -0.404. The van der Waals surface area contributed by atoms with Crippen LogP contribution in [-0.2, 0) is 10.2 Å². The third-order valence-corrected chi connectivity index (χ3v) is 7.65. The molecule has 2 aliphatic rings. The van der Waals surface area contributed by atoms with Gasteiger partial charge in [-0.05, 0) is 41.8 Å². The molecule has 1 saturated heterocycles. The van der Waals surface area contributed by atoms with Crippen LogP contribution in [0, 0.1) is 0 Å². The van der Waals surface area contributed by atoms with Gasteiger partial charge in [-0.15, -0.1) is 0 Å². The maximum Gasteiger partial charge on any atom is 0.234 e. The molecule has 0 radical (unpaired) electrons. The van der Waals surface area contributed by atoms with E-state index < -0.39 is 5.66 Å². The van der Waals surface area contributed by atoms with Crippen molar-refractivity contribution in [2.24, 2.45) is 9.98 Å². The molecule has 5 nitrogen and oxygen atoms in total. The van der Waals surface area contributed by atoms with Crippen molar-refractivity contribution in [2.75, 3.05) is 30.7 Å². The van der Waals surface area contributed by atoms with Crippen molar-refractivity contribution in [2.45, 2.75) is 51.6 Å². The zero-order valence-corrected chi connectivity index (χ0v) is 22.0. The van der Waals surface area contributed by atoms with Crippen molar-refractivity contribution < 1.29 is 4.79 Å². The molecule has 0 aromatic heterocycles. The summed E-state index contributed by atoms with van der Waals surface area (Å²) < 4.78 is 0. The fraction of sp³-hybridized carbons (Fsp3) is 0.444. The van der Waals surface area contributed by atoms with Gasteiger partial charge < -0.3 is 10.2 Å². The summed E-state index contributed by atoms with van der Waals surface area (Å²) in [6, 6.07) is 15.8. The molecule has 1 fully saturated rings. The van der Waals surface area contributed by atoms with Crippen LogP contribution in [0.3, 0.4) is 0 Å². The molecule has 2 aromatic carbocycles. The number of nitrogens with one attached hydrogen (secondary N) is 1. The highest BCUT2D eigenvalue weighted by Crippen LogP contribution is 2.36. The number of carbonyl (C=O) groups is 1. The number of aliphatic imine (C=N–C) groups is 2. The third-order valence-electron chi connectivity index (χ3n) is 6.43. The molecule has 0 atom stereocenters. The Balaban J connectivity index is 1.52. The van der Waals surface area contributed by atoms with Crippen LogP contribution in [0.5, 0.6) is 0 Å². The van der Waals surface area contributed by atoms with Gasteiger partial charge in [0.25, 0.3) is 0 Å². The normalized spacial score (nSPS) is 18.0. The molecule has 0 unspecified atom stereocenters. The van der Waals surface area contributed by atoms with Gasteiger partial charge >= 0.3 is 0 Å². The fourth-order valence-electron chi connectivity index (χ4n) is 4.25. The smallest absolute Gasteiger partial charge is 0.234 e. The average molecular weight is 497 g/mol. The molecule has 0 aliphatic carbocycles.